The fourth-order valence-electron chi connectivity index (χ4n) is 2.83. The van der Waals surface area contributed by atoms with Crippen molar-refractivity contribution in [2.24, 2.45) is 0 Å². The number of carbonyl (C=O) groups excluding carboxylic acids is 1. The number of hydrogen-bond acceptors (Lipinski definition) is 3. The molecule has 0 aromatic heterocycles. The predicted molar refractivity (Wildman–Crippen MR) is 108 cm³/mol. The second-order valence-electron chi connectivity index (χ2n) is 6.71. The van der Waals surface area contributed by atoms with Gasteiger partial charge in [0.05, 0.1) is 10.9 Å². The molecule has 27 heavy (non-hydrogen) atoms. The molecule has 1 amide bonds. The van der Waals surface area contributed by atoms with Gasteiger partial charge >= 0.3 is 0 Å². The molecule has 2 N–H and O–H groups in total. The highest BCUT2D eigenvalue weighted by molar-refractivity contribution is 7.89. The van der Waals surface area contributed by atoms with Crippen LogP contribution in [0.1, 0.15) is 48.9 Å². The van der Waals surface area contributed by atoms with E-state index in [0.29, 0.717) is 0 Å². The van der Waals surface area contributed by atoms with E-state index in [9.17, 15) is 13.2 Å². The van der Waals surface area contributed by atoms with Crippen LogP contribution in [0.25, 0.3) is 0 Å². The SMILES string of the molecule is CCCC(NC(=O)CCNS(=O)(=O)c1ccc(C)c(C)c1)c1ccccc1. The van der Waals surface area contributed by atoms with E-state index in [1.165, 1.54) is 0 Å². The Morgan fingerprint density at radius 3 is 2.37 bits per heavy atom. The molecule has 0 aliphatic heterocycles. The van der Waals surface area contributed by atoms with Crippen LogP contribution < -0.4 is 10.0 Å². The molecule has 0 aliphatic carbocycles. The minimum absolute atomic E-state index is 0.0555. The third kappa shape index (κ3) is 6.19. The number of benzene rings is 2. The van der Waals surface area contributed by atoms with Gasteiger partial charge in [-0.2, -0.15) is 0 Å². The van der Waals surface area contributed by atoms with Crippen molar-refractivity contribution < 1.29 is 13.2 Å². The third-order valence-corrected chi connectivity index (χ3v) is 6.01. The molecule has 5 nitrogen and oxygen atoms in total. The molecule has 0 bridgehead atoms. The highest BCUT2D eigenvalue weighted by Gasteiger charge is 2.17. The summed E-state index contributed by atoms with van der Waals surface area (Å²) in [6, 6.07) is 14.8. The van der Waals surface area contributed by atoms with E-state index in [2.05, 4.69) is 17.0 Å². The van der Waals surface area contributed by atoms with Gasteiger partial charge in [0.15, 0.2) is 0 Å². The molecule has 0 saturated carbocycles. The molecule has 0 aliphatic rings. The highest BCUT2D eigenvalue weighted by atomic mass is 32.2. The lowest BCUT2D eigenvalue weighted by Gasteiger charge is -2.18. The Balaban J connectivity index is 1.91. The Hall–Kier alpha value is -2.18. The van der Waals surface area contributed by atoms with Gasteiger partial charge in [0.25, 0.3) is 0 Å². The average molecular weight is 389 g/mol. The lowest BCUT2D eigenvalue weighted by molar-refractivity contribution is -0.121. The molecule has 0 spiro atoms. The van der Waals surface area contributed by atoms with Crippen molar-refractivity contribution in [2.75, 3.05) is 6.54 Å². The quantitative estimate of drug-likeness (QED) is 0.689. The van der Waals surface area contributed by atoms with E-state index >= 15 is 0 Å². The van der Waals surface area contributed by atoms with Gasteiger partial charge in [-0.25, -0.2) is 13.1 Å². The summed E-state index contributed by atoms with van der Waals surface area (Å²) in [5.74, 6) is -0.167. The van der Waals surface area contributed by atoms with Crippen LogP contribution in [0.4, 0.5) is 0 Å². The molecule has 146 valence electrons. The average Bonchev–Trinajstić information content (AvgIpc) is 2.64. The van der Waals surface area contributed by atoms with Gasteiger partial charge in [-0.1, -0.05) is 49.7 Å². The lowest BCUT2D eigenvalue weighted by Crippen LogP contribution is -2.33. The Morgan fingerprint density at radius 1 is 1.04 bits per heavy atom. The first-order chi connectivity index (χ1) is 12.8. The van der Waals surface area contributed by atoms with Gasteiger partial charge in [-0.05, 0) is 49.1 Å². The van der Waals surface area contributed by atoms with E-state index < -0.39 is 10.0 Å². The Kier molecular flexibility index (Phi) is 7.56. The summed E-state index contributed by atoms with van der Waals surface area (Å²) in [6.45, 7) is 5.94. The molecular formula is C21H28N2O3S. The van der Waals surface area contributed by atoms with Crippen LogP contribution in [-0.4, -0.2) is 20.9 Å². The smallest absolute Gasteiger partial charge is 0.240 e. The summed E-state index contributed by atoms with van der Waals surface area (Å²) in [4.78, 5) is 12.5. The number of sulfonamides is 1. The van der Waals surface area contributed by atoms with E-state index in [0.717, 1.165) is 29.5 Å². The first kappa shape index (κ1) is 21.1. The first-order valence-corrected chi connectivity index (χ1v) is 10.7. The molecule has 6 heteroatoms. The molecule has 2 aromatic carbocycles. The van der Waals surface area contributed by atoms with Crippen LogP contribution in [0.15, 0.2) is 53.4 Å². The number of amides is 1. The normalized spacial score (nSPS) is 12.6. The van der Waals surface area contributed by atoms with Crippen LogP contribution in [0.5, 0.6) is 0 Å². The summed E-state index contributed by atoms with van der Waals surface area (Å²) in [7, 11) is -3.62. The van der Waals surface area contributed by atoms with Crippen LogP contribution in [0.2, 0.25) is 0 Å². The largest absolute Gasteiger partial charge is 0.349 e. The maximum Gasteiger partial charge on any atom is 0.240 e. The van der Waals surface area contributed by atoms with Crippen molar-refractivity contribution in [1.29, 1.82) is 0 Å². The van der Waals surface area contributed by atoms with Gasteiger partial charge < -0.3 is 5.32 Å². The van der Waals surface area contributed by atoms with Gasteiger partial charge in [0.2, 0.25) is 15.9 Å². The highest BCUT2D eigenvalue weighted by Crippen LogP contribution is 2.18. The zero-order valence-electron chi connectivity index (χ0n) is 16.2. The summed E-state index contributed by atoms with van der Waals surface area (Å²) in [5.41, 5.74) is 3.01. The minimum atomic E-state index is -3.62. The summed E-state index contributed by atoms with van der Waals surface area (Å²) < 4.78 is 27.3. The van der Waals surface area contributed by atoms with Crippen molar-refractivity contribution in [1.82, 2.24) is 10.0 Å². The molecule has 0 radical (unpaired) electrons. The third-order valence-electron chi connectivity index (χ3n) is 4.55. The number of aryl methyl sites for hydroxylation is 2. The van der Waals surface area contributed by atoms with Crippen molar-refractivity contribution in [3.05, 3.63) is 65.2 Å². The monoisotopic (exact) mass is 388 g/mol. The Morgan fingerprint density at radius 2 is 1.74 bits per heavy atom. The molecule has 0 fully saturated rings. The fourth-order valence-corrected chi connectivity index (χ4v) is 3.94. The Labute approximate surface area is 162 Å². The molecule has 1 unspecified atom stereocenters. The van der Waals surface area contributed by atoms with E-state index in [1.54, 1.807) is 18.2 Å². The van der Waals surface area contributed by atoms with Crippen molar-refractivity contribution in [3.8, 4) is 0 Å². The molecule has 2 rings (SSSR count). The van der Waals surface area contributed by atoms with Crippen LogP contribution in [-0.2, 0) is 14.8 Å². The van der Waals surface area contributed by atoms with Crippen molar-refractivity contribution in [3.63, 3.8) is 0 Å². The van der Waals surface area contributed by atoms with Gasteiger partial charge in [0.1, 0.15) is 0 Å². The van der Waals surface area contributed by atoms with Crippen LogP contribution >= 0.6 is 0 Å². The topological polar surface area (TPSA) is 75.3 Å². The zero-order valence-corrected chi connectivity index (χ0v) is 17.0. The maximum absolute atomic E-state index is 12.4. The second-order valence-corrected chi connectivity index (χ2v) is 8.48. The minimum Gasteiger partial charge on any atom is -0.349 e. The number of hydrogen-bond donors (Lipinski definition) is 2. The van der Waals surface area contributed by atoms with E-state index in [-0.39, 0.29) is 29.8 Å². The summed E-state index contributed by atoms with van der Waals surface area (Å²) in [5, 5.41) is 3.00. The van der Waals surface area contributed by atoms with Crippen molar-refractivity contribution in [2.45, 2.75) is 51.0 Å². The standard InChI is InChI=1S/C21H28N2O3S/c1-4-8-20(18-9-6-5-7-10-18)23-21(24)13-14-22-27(25,26)19-12-11-16(2)17(3)15-19/h5-7,9-12,15,20,22H,4,8,13-14H2,1-3H3,(H,23,24). The maximum atomic E-state index is 12.4. The summed E-state index contributed by atoms with van der Waals surface area (Å²) >= 11 is 0. The Bertz CT molecular complexity index is 864. The zero-order chi connectivity index (χ0) is 19.9. The predicted octanol–water partition coefficient (Wildman–Crippen LogP) is 3.63. The van der Waals surface area contributed by atoms with Crippen LogP contribution in [0.3, 0.4) is 0 Å². The lowest BCUT2D eigenvalue weighted by atomic mass is 10.0. The molecule has 1 atom stereocenters. The number of rotatable bonds is 9. The molecule has 2 aromatic rings. The number of nitrogens with one attached hydrogen (secondary N) is 2. The van der Waals surface area contributed by atoms with Crippen molar-refractivity contribution >= 4 is 15.9 Å². The van der Waals surface area contributed by atoms with E-state index in [1.807, 2.05) is 44.2 Å². The van der Waals surface area contributed by atoms with Crippen LogP contribution in [0, 0.1) is 13.8 Å². The fraction of sp³-hybridized carbons (Fsp3) is 0.381. The van der Waals surface area contributed by atoms with Gasteiger partial charge in [0, 0.05) is 13.0 Å². The molecule has 0 saturated heterocycles. The molecular weight excluding hydrogens is 360 g/mol. The molecule has 0 heterocycles. The van der Waals surface area contributed by atoms with Gasteiger partial charge in [-0.3, -0.25) is 4.79 Å². The summed E-state index contributed by atoms with van der Waals surface area (Å²) in [6.07, 6.45) is 1.88. The number of carbonyl (C=O) groups is 1. The second kappa shape index (κ2) is 9.67. The van der Waals surface area contributed by atoms with Gasteiger partial charge in [-0.15, -0.1) is 0 Å². The van der Waals surface area contributed by atoms with E-state index in [4.69, 9.17) is 0 Å². The first-order valence-electron chi connectivity index (χ1n) is 9.24.